The van der Waals surface area contributed by atoms with Gasteiger partial charge in [-0.15, -0.1) is 0 Å². The summed E-state index contributed by atoms with van der Waals surface area (Å²) in [5.74, 6) is -5.60. The Morgan fingerprint density at radius 2 is 0.960 bits per heavy atom. The number of alkyl halides is 7. The topological polar surface area (TPSA) is 18.5 Å². The van der Waals surface area contributed by atoms with Gasteiger partial charge >= 0.3 is 18.2 Å². The van der Waals surface area contributed by atoms with Crippen molar-refractivity contribution in [2.45, 2.75) is 76.0 Å². The average Bonchev–Trinajstić information content (AvgIpc) is 2.49. The molecular weight excluding hydrogens is 357 g/mol. The summed E-state index contributed by atoms with van der Waals surface area (Å²) in [5.41, 5.74) is 0. The molecule has 0 amide bonds. The molecule has 0 spiro atoms. The van der Waals surface area contributed by atoms with E-state index in [-0.39, 0.29) is 6.42 Å². The third-order valence-corrected chi connectivity index (χ3v) is 3.55. The molecule has 0 saturated carbocycles. The SMILES string of the molecule is C=COCCCCCCCCCCCOC(F)(C(F)(F)F)C(F)(F)F. The van der Waals surface area contributed by atoms with Crippen LogP contribution in [-0.4, -0.2) is 31.4 Å². The van der Waals surface area contributed by atoms with Crippen LogP contribution in [0.15, 0.2) is 12.8 Å². The molecule has 0 unspecified atom stereocenters. The fraction of sp³-hybridized carbons (Fsp3) is 0.875. The summed E-state index contributed by atoms with van der Waals surface area (Å²) in [6.07, 6.45) is -4.18. The van der Waals surface area contributed by atoms with Crippen LogP contribution in [0, 0.1) is 0 Å². The van der Waals surface area contributed by atoms with E-state index >= 15 is 0 Å². The molecule has 0 aromatic rings. The van der Waals surface area contributed by atoms with Crippen LogP contribution in [-0.2, 0) is 9.47 Å². The number of unbranched alkanes of at least 4 members (excludes halogenated alkanes) is 8. The first-order valence-corrected chi connectivity index (χ1v) is 8.25. The summed E-state index contributed by atoms with van der Waals surface area (Å²) < 4.78 is 94.9. The third-order valence-electron chi connectivity index (χ3n) is 3.55. The second-order valence-electron chi connectivity index (χ2n) is 5.66. The maximum Gasteiger partial charge on any atom is 0.458 e. The normalized spacial score (nSPS) is 13.1. The molecular formula is C16H25F7O2. The molecule has 0 heterocycles. The molecule has 0 aromatic carbocycles. The zero-order chi connectivity index (χ0) is 19.4. The van der Waals surface area contributed by atoms with Gasteiger partial charge in [0.25, 0.3) is 0 Å². The van der Waals surface area contributed by atoms with Gasteiger partial charge < -0.3 is 9.47 Å². The van der Waals surface area contributed by atoms with Crippen molar-refractivity contribution in [2.24, 2.45) is 0 Å². The molecule has 0 aliphatic carbocycles. The van der Waals surface area contributed by atoms with Crippen LogP contribution in [0.5, 0.6) is 0 Å². The van der Waals surface area contributed by atoms with Crippen LogP contribution in [0.25, 0.3) is 0 Å². The van der Waals surface area contributed by atoms with E-state index in [2.05, 4.69) is 11.3 Å². The largest absolute Gasteiger partial charge is 0.502 e. The maximum absolute atomic E-state index is 13.1. The molecule has 0 N–H and O–H groups in total. The monoisotopic (exact) mass is 382 g/mol. The molecule has 0 bridgehead atoms. The molecule has 9 heteroatoms. The average molecular weight is 382 g/mol. The minimum atomic E-state index is -6.15. The zero-order valence-corrected chi connectivity index (χ0v) is 14.0. The van der Waals surface area contributed by atoms with Gasteiger partial charge in [0.1, 0.15) is 0 Å². The van der Waals surface area contributed by atoms with Crippen molar-refractivity contribution in [3.05, 3.63) is 12.8 Å². The van der Waals surface area contributed by atoms with E-state index in [4.69, 9.17) is 4.74 Å². The van der Waals surface area contributed by atoms with Crippen molar-refractivity contribution in [2.75, 3.05) is 13.2 Å². The number of ether oxygens (including phenoxy) is 2. The van der Waals surface area contributed by atoms with E-state index in [1.807, 2.05) is 0 Å². The summed E-state index contributed by atoms with van der Waals surface area (Å²) in [5, 5.41) is 0. The van der Waals surface area contributed by atoms with Crippen LogP contribution >= 0.6 is 0 Å². The number of halogens is 7. The lowest BCUT2D eigenvalue weighted by atomic mass is 10.1. The van der Waals surface area contributed by atoms with Crippen LogP contribution in [0.4, 0.5) is 30.7 Å². The van der Waals surface area contributed by atoms with E-state index in [0.29, 0.717) is 19.4 Å². The summed E-state index contributed by atoms with van der Waals surface area (Å²) >= 11 is 0. The molecule has 150 valence electrons. The molecule has 0 aromatic heterocycles. The Hall–Kier alpha value is -0.990. The number of hydrogen-bond acceptors (Lipinski definition) is 2. The first-order valence-electron chi connectivity index (χ1n) is 8.25. The van der Waals surface area contributed by atoms with Crippen LogP contribution in [0.1, 0.15) is 57.8 Å². The van der Waals surface area contributed by atoms with Gasteiger partial charge in [-0.05, 0) is 12.8 Å². The molecule has 0 saturated heterocycles. The van der Waals surface area contributed by atoms with Crippen molar-refractivity contribution >= 4 is 0 Å². The van der Waals surface area contributed by atoms with E-state index in [1.165, 1.54) is 6.26 Å². The van der Waals surface area contributed by atoms with Gasteiger partial charge in [-0.25, -0.2) is 0 Å². The van der Waals surface area contributed by atoms with E-state index in [0.717, 1.165) is 38.5 Å². The number of hydrogen-bond donors (Lipinski definition) is 0. The van der Waals surface area contributed by atoms with Gasteiger partial charge in [-0.2, -0.15) is 30.7 Å². The molecule has 2 nitrogen and oxygen atoms in total. The van der Waals surface area contributed by atoms with E-state index < -0.39 is 24.8 Å². The molecule has 0 rings (SSSR count). The summed E-state index contributed by atoms with van der Waals surface area (Å²) in [6.45, 7) is 3.13. The zero-order valence-electron chi connectivity index (χ0n) is 14.0. The standard InChI is InChI=1S/C16H25F7O2/c1-2-24-12-10-8-6-4-3-5-7-9-11-13-25-14(17,15(18,19)20)16(21,22)23/h2H,1,3-13H2. The smallest absolute Gasteiger partial charge is 0.458 e. The highest BCUT2D eigenvalue weighted by atomic mass is 19.4. The van der Waals surface area contributed by atoms with Crippen molar-refractivity contribution < 1.29 is 40.2 Å². The van der Waals surface area contributed by atoms with Crippen molar-refractivity contribution in [1.82, 2.24) is 0 Å². The Kier molecular flexibility index (Phi) is 11.1. The molecule has 0 aliphatic rings. The highest BCUT2D eigenvalue weighted by Gasteiger charge is 2.74. The highest BCUT2D eigenvalue weighted by molar-refractivity contribution is 4.85. The van der Waals surface area contributed by atoms with Gasteiger partial charge in [-0.3, -0.25) is 0 Å². The van der Waals surface area contributed by atoms with Gasteiger partial charge in [0.2, 0.25) is 0 Å². The Morgan fingerprint density at radius 1 is 0.600 bits per heavy atom. The van der Waals surface area contributed by atoms with Gasteiger partial charge in [0.15, 0.2) is 0 Å². The Labute approximate surface area is 143 Å². The Balaban J connectivity index is 3.70. The summed E-state index contributed by atoms with van der Waals surface area (Å²) in [7, 11) is 0. The second-order valence-corrected chi connectivity index (χ2v) is 5.66. The van der Waals surface area contributed by atoms with E-state index in [9.17, 15) is 30.7 Å². The number of rotatable bonds is 14. The fourth-order valence-electron chi connectivity index (χ4n) is 2.15. The molecule has 0 aliphatic heterocycles. The van der Waals surface area contributed by atoms with Crippen LogP contribution in [0.3, 0.4) is 0 Å². The predicted octanol–water partition coefficient (Wildman–Crippen LogP) is 6.46. The van der Waals surface area contributed by atoms with Gasteiger partial charge in [-0.1, -0.05) is 51.5 Å². The van der Waals surface area contributed by atoms with Crippen LogP contribution in [0.2, 0.25) is 0 Å². The van der Waals surface area contributed by atoms with Crippen LogP contribution < -0.4 is 0 Å². The Morgan fingerprint density at radius 3 is 1.32 bits per heavy atom. The first kappa shape index (κ1) is 24.0. The quantitative estimate of drug-likeness (QED) is 0.195. The van der Waals surface area contributed by atoms with Crippen molar-refractivity contribution in [3.63, 3.8) is 0 Å². The molecule has 0 atom stereocenters. The summed E-state index contributed by atoms with van der Waals surface area (Å²) in [4.78, 5) is 0. The fourth-order valence-corrected chi connectivity index (χ4v) is 2.15. The highest BCUT2D eigenvalue weighted by Crippen LogP contribution is 2.46. The third kappa shape index (κ3) is 9.32. The van der Waals surface area contributed by atoms with Gasteiger partial charge in [0.05, 0.1) is 19.5 Å². The Bertz CT molecular complexity index is 339. The van der Waals surface area contributed by atoms with Crippen molar-refractivity contribution in [1.29, 1.82) is 0 Å². The van der Waals surface area contributed by atoms with E-state index in [1.54, 1.807) is 0 Å². The molecule has 0 radical (unpaired) electrons. The molecule has 25 heavy (non-hydrogen) atoms. The summed E-state index contributed by atoms with van der Waals surface area (Å²) in [6, 6.07) is 0. The van der Waals surface area contributed by atoms with Crippen molar-refractivity contribution in [3.8, 4) is 0 Å². The first-order chi connectivity index (χ1) is 11.6. The minimum absolute atomic E-state index is 0.0588. The lowest BCUT2D eigenvalue weighted by Gasteiger charge is -2.29. The second kappa shape index (κ2) is 11.6. The maximum atomic E-state index is 13.1. The minimum Gasteiger partial charge on any atom is -0.502 e. The van der Waals surface area contributed by atoms with Gasteiger partial charge in [0, 0.05) is 0 Å². The molecule has 0 fully saturated rings. The predicted molar refractivity (Wildman–Crippen MR) is 79.6 cm³/mol. The lowest BCUT2D eigenvalue weighted by molar-refractivity contribution is -0.430. The lowest BCUT2D eigenvalue weighted by Crippen LogP contribution is -2.55.